The Morgan fingerprint density at radius 2 is 2.25 bits per heavy atom. The molecule has 0 saturated heterocycles. The molecule has 3 rings (SSSR count). The highest BCUT2D eigenvalue weighted by atomic mass is 32.1. The first-order chi connectivity index (χ1) is 9.74. The lowest BCUT2D eigenvalue weighted by molar-refractivity contribution is 0.475. The van der Waals surface area contributed by atoms with Crippen LogP contribution in [0.15, 0.2) is 17.5 Å². The van der Waals surface area contributed by atoms with Crippen molar-refractivity contribution in [3.63, 3.8) is 0 Å². The fourth-order valence-corrected chi connectivity index (χ4v) is 4.16. The zero-order valence-corrected chi connectivity index (χ0v) is 13.3. The van der Waals surface area contributed by atoms with E-state index in [2.05, 4.69) is 48.3 Å². The maximum atomic E-state index is 4.93. The molecular formula is C16H23N3S. The maximum Gasteiger partial charge on any atom is 0.125 e. The molecular weight excluding hydrogens is 266 g/mol. The lowest BCUT2D eigenvalue weighted by Crippen LogP contribution is -2.24. The molecule has 20 heavy (non-hydrogen) atoms. The number of aromatic nitrogens is 2. The Balaban J connectivity index is 1.98. The van der Waals surface area contributed by atoms with E-state index in [9.17, 15) is 0 Å². The molecule has 108 valence electrons. The number of anilines is 1. The predicted octanol–water partition coefficient (Wildman–Crippen LogP) is 4.56. The lowest BCUT2D eigenvalue weighted by Gasteiger charge is -2.25. The molecule has 0 radical (unpaired) electrons. The van der Waals surface area contributed by atoms with Crippen molar-refractivity contribution in [2.24, 2.45) is 0 Å². The summed E-state index contributed by atoms with van der Waals surface area (Å²) in [5, 5.41) is 10.6. The van der Waals surface area contributed by atoms with Gasteiger partial charge in [-0.3, -0.25) is 0 Å². The van der Waals surface area contributed by atoms with E-state index in [0.29, 0.717) is 12.0 Å². The van der Waals surface area contributed by atoms with Gasteiger partial charge in [-0.05, 0) is 43.2 Å². The fraction of sp³-hybridized carbons (Fsp3) is 0.562. The summed E-state index contributed by atoms with van der Waals surface area (Å²) < 4.78 is 2.22. The smallest absolute Gasteiger partial charge is 0.125 e. The van der Waals surface area contributed by atoms with Gasteiger partial charge in [-0.25, -0.2) is 4.68 Å². The van der Waals surface area contributed by atoms with Gasteiger partial charge in [0.05, 0.1) is 11.7 Å². The van der Waals surface area contributed by atoms with Crippen LogP contribution in [0.1, 0.15) is 61.2 Å². The molecule has 0 aliphatic carbocycles. The van der Waals surface area contributed by atoms with Crippen molar-refractivity contribution in [1.82, 2.24) is 9.78 Å². The third kappa shape index (κ3) is 2.26. The van der Waals surface area contributed by atoms with Gasteiger partial charge >= 0.3 is 0 Å². The molecule has 1 atom stereocenters. The fourth-order valence-electron chi connectivity index (χ4n) is 3.12. The van der Waals surface area contributed by atoms with Crippen LogP contribution < -0.4 is 5.32 Å². The monoisotopic (exact) mass is 289 g/mol. The van der Waals surface area contributed by atoms with Crippen molar-refractivity contribution in [3.05, 3.63) is 33.6 Å². The molecule has 0 aromatic carbocycles. The Bertz CT molecular complexity index is 580. The lowest BCUT2D eigenvalue weighted by atomic mass is 10.00. The molecule has 0 fully saturated rings. The zero-order valence-electron chi connectivity index (χ0n) is 12.5. The van der Waals surface area contributed by atoms with Gasteiger partial charge in [0.1, 0.15) is 5.82 Å². The van der Waals surface area contributed by atoms with Crippen LogP contribution >= 0.6 is 11.3 Å². The van der Waals surface area contributed by atoms with Crippen molar-refractivity contribution < 1.29 is 0 Å². The van der Waals surface area contributed by atoms with Gasteiger partial charge in [0.2, 0.25) is 0 Å². The first kappa shape index (κ1) is 13.7. The Morgan fingerprint density at radius 1 is 1.45 bits per heavy atom. The molecule has 1 N–H and O–H groups in total. The van der Waals surface area contributed by atoms with E-state index in [1.807, 2.05) is 11.3 Å². The maximum absolute atomic E-state index is 4.93. The third-order valence-corrected chi connectivity index (χ3v) is 5.50. The average Bonchev–Trinajstić information content (AvgIpc) is 3.06. The summed E-state index contributed by atoms with van der Waals surface area (Å²) >= 11 is 1.86. The van der Waals surface area contributed by atoms with Crippen molar-refractivity contribution >= 4 is 17.2 Å². The second-order valence-electron chi connectivity index (χ2n) is 5.61. The quantitative estimate of drug-likeness (QED) is 0.894. The normalized spacial score (nSPS) is 18.1. The molecule has 1 unspecified atom stereocenters. The number of aryl methyl sites for hydroxylation is 1. The summed E-state index contributed by atoms with van der Waals surface area (Å²) in [4.78, 5) is 1.46. The van der Waals surface area contributed by atoms with Crippen molar-refractivity contribution in [2.45, 2.75) is 52.0 Å². The van der Waals surface area contributed by atoms with Gasteiger partial charge in [0.25, 0.3) is 0 Å². The Kier molecular flexibility index (Phi) is 3.83. The third-order valence-electron chi connectivity index (χ3n) is 4.38. The molecule has 0 amide bonds. The molecule has 1 aliphatic heterocycles. The Hall–Kier alpha value is -1.29. The van der Waals surface area contributed by atoms with Crippen molar-refractivity contribution in [2.75, 3.05) is 11.9 Å². The van der Waals surface area contributed by atoms with Gasteiger partial charge < -0.3 is 5.32 Å². The van der Waals surface area contributed by atoms with E-state index in [4.69, 9.17) is 5.10 Å². The van der Waals surface area contributed by atoms with E-state index >= 15 is 0 Å². The minimum atomic E-state index is 0.411. The molecule has 3 heterocycles. The highest BCUT2D eigenvalue weighted by Gasteiger charge is 2.26. The van der Waals surface area contributed by atoms with Crippen LogP contribution in [0.5, 0.6) is 0 Å². The molecule has 0 spiro atoms. The van der Waals surface area contributed by atoms with Crippen LogP contribution in [-0.4, -0.2) is 16.3 Å². The molecule has 3 nitrogen and oxygen atoms in total. The summed E-state index contributed by atoms with van der Waals surface area (Å²) in [6.45, 7) is 7.75. The largest absolute Gasteiger partial charge is 0.370 e. The van der Waals surface area contributed by atoms with Crippen LogP contribution in [0, 0.1) is 6.92 Å². The summed E-state index contributed by atoms with van der Waals surface area (Å²) in [5.41, 5.74) is 2.64. The van der Waals surface area contributed by atoms with Crippen LogP contribution in [0.25, 0.3) is 0 Å². The number of fused-ring (bicyclic) bond motifs is 1. The second-order valence-corrected chi connectivity index (χ2v) is 6.56. The number of thiophene rings is 1. The van der Waals surface area contributed by atoms with Gasteiger partial charge in [-0.2, -0.15) is 5.10 Å². The van der Waals surface area contributed by atoms with Gasteiger partial charge in [0, 0.05) is 23.4 Å². The summed E-state index contributed by atoms with van der Waals surface area (Å²) in [5.74, 6) is 1.77. The van der Waals surface area contributed by atoms with E-state index in [1.54, 1.807) is 0 Å². The number of hydrogen-bond acceptors (Lipinski definition) is 3. The summed E-state index contributed by atoms with van der Waals surface area (Å²) in [6, 6.07) is 4.88. The van der Waals surface area contributed by atoms with Crippen molar-refractivity contribution in [1.29, 1.82) is 0 Å². The van der Waals surface area contributed by atoms with Crippen LogP contribution in [-0.2, 0) is 0 Å². The average molecular weight is 289 g/mol. The molecule has 2 aromatic heterocycles. The van der Waals surface area contributed by atoms with E-state index in [-0.39, 0.29) is 0 Å². The first-order valence-corrected chi connectivity index (χ1v) is 8.49. The molecule has 4 heteroatoms. The predicted molar refractivity (Wildman–Crippen MR) is 85.9 cm³/mol. The highest BCUT2D eigenvalue weighted by molar-refractivity contribution is 7.10. The number of rotatable bonds is 4. The van der Waals surface area contributed by atoms with Gasteiger partial charge in [-0.1, -0.05) is 13.8 Å². The molecule has 0 bridgehead atoms. The Labute approximate surface area is 125 Å². The molecule has 1 aliphatic rings. The minimum absolute atomic E-state index is 0.411. The van der Waals surface area contributed by atoms with E-state index < -0.39 is 0 Å². The number of hydrogen-bond donors (Lipinski definition) is 1. The van der Waals surface area contributed by atoms with Crippen molar-refractivity contribution in [3.8, 4) is 0 Å². The highest BCUT2D eigenvalue weighted by Crippen LogP contribution is 2.36. The summed E-state index contributed by atoms with van der Waals surface area (Å²) in [6.07, 6.45) is 3.45. The second kappa shape index (κ2) is 5.60. The minimum Gasteiger partial charge on any atom is -0.370 e. The first-order valence-electron chi connectivity index (χ1n) is 7.61. The molecule has 0 saturated carbocycles. The van der Waals surface area contributed by atoms with Gasteiger partial charge in [0.15, 0.2) is 0 Å². The summed E-state index contributed by atoms with van der Waals surface area (Å²) in [7, 11) is 0. The van der Waals surface area contributed by atoms with E-state index in [0.717, 1.165) is 25.8 Å². The topological polar surface area (TPSA) is 29.9 Å². The van der Waals surface area contributed by atoms with E-state index in [1.165, 1.54) is 22.0 Å². The zero-order chi connectivity index (χ0) is 14.1. The molecule has 2 aromatic rings. The Morgan fingerprint density at radius 3 is 2.90 bits per heavy atom. The van der Waals surface area contributed by atoms with Crippen LogP contribution in [0.2, 0.25) is 0 Å². The van der Waals surface area contributed by atoms with Gasteiger partial charge in [-0.15, -0.1) is 11.3 Å². The standard InChI is InChI=1S/C16H23N3S/c1-4-12(5-2)13-10-15-17-8-6-14(19(15)18-13)16-11(3)7-9-20-16/h7,9-10,12,14,17H,4-6,8H2,1-3H3. The SMILES string of the molecule is CCC(CC)c1cc2n(n1)C(c1sccc1C)CCN2. The van der Waals surface area contributed by atoms with Crippen LogP contribution in [0.3, 0.4) is 0 Å². The number of nitrogens with one attached hydrogen (secondary N) is 1. The number of nitrogens with zero attached hydrogens (tertiary/aromatic N) is 2. The van der Waals surface area contributed by atoms with Crippen LogP contribution in [0.4, 0.5) is 5.82 Å².